The van der Waals surface area contributed by atoms with Crippen LogP contribution in [0.25, 0.3) is 27.7 Å². The van der Waals surface area contributed by atoms with Crippen molar-refractivity contribution in [1.29, 1.82) is 0 Å². The number of nitrogen functional groups attached to an aromatic ring is 1. The molecule has 0 bridgehead atoms. The first-order valence-electron chi connectivity index (χ1n) is 17.2. The molecule has 2 N–H and O–H groups in total. The van der Waals surface area contributed by atoms with E-state index in [1.54, 1.807) is 48.6 Å². The van der Waals surface area contributed by atoms with E-state index in [4.69, 9.17) is 20.2 Å². The maximum absolute atomic E-state index is 13.2. The summed E-state index contributed by atoms with van der Waals surface area (Å²) in [6.07, 6.45) is 7.02. The van der Waals surface area contributed by atoms with Crippen LogP contribution in [0.3, 0.4) is 0 Å². The molecule has 4 aromatic carbocycles. The summed E-state index contributed by atoms with van der Waals surface area (Å²) in [6.45, 7) is 0. The number of thioether (sulfide) groups is 2. The summed E-state index contributed by atoms with van der Waals surface area (Å²) in [4.78, 5) is 26.8. The fourth-order valence-corrected chi connectivity index (χ4v) is 7.00. The Hall–Kier alpha value is -6.64. The van der Waals surface area contributed by atoms with Crippen molar-refractivity contribution in [3.8, 4) is 23.0 Å². The first-order chi connectivity index (χ1) is 27.4. The minimum absolute atomic E-state index is 0.213. The number of fused-ring (bicyclic) bond motifs is 4. The largest absolute Gasteiger partial charge is 0.453 e. The van der Waals surface area contributed by atoms with Crippen LogP contribution in [0.4, 0.5) is 14.6 Å². The van der Waals surface area contributed by atoms with E-state index in [1.807, 2.05) is 53.1 Å². The Morgan fingerprint density at radius 1 is 0.571 bits per heavy atom. The monoisotopic (exact) mass is 780 g/mol. The predicted octanol–water partition coefficient (Wildman–Crippen LogP) is 10.3. The molecule has 0 aliphatic carbocycles. The summed E-state index contributed by atoms with van der Waals surface area (Å²) >= 11 is 3.12. The van der Waals surface area contributed by atoms with Crippen molar-refractivity contribution < 1.29 is 18.3 Å². The van der Waals surface area contributed by atoms with E-state index in [9.17, 15) is 8.78 Å². The van der Waals surface area contributed by atoms with Crippen molar-refractivity contribution in [1.82, 2.24) is 34.3 Å². The van der Waals surface area contributed by atoms with Crippen LogP contribution >= 0.6 is 23.5 Å². The van der Waals surface area contributed by atoms with Gasteiger partial charge < -0.3 is 15.2 Å². The third-order valence-electron chi connectivity index (χ3n) is 8.19. The molecule has 276 valence electrons. The Balaban J connectivity index is 0.000000158. The van der Waals surface area contributed by atoms with Gasteiger partial charge in [0.05, 0.1) is 0 Å². The summed E-state index contributed by atoms with van der Waals surface area (Å²) in [5.74, 6) is 3.08. The molecule has 0 fully saturated rings. The molecule has 56 heavy (non-hydrogen) atoms. The highest BCUT2D eigenvalue weighted by Crippen LogP contribution is 2.32. The molecule has 0 aliphatic heterocycles. The number of pyridine rings is 2. The van der Waals surface area contributed by atoms with Gasteiger partial charge in [0.1, 0.15) is 23.1 Å². The van der Waals surface area contributed by atoms with E-state index >= 15 is 0 Å². The normalized spacial score (nSPS) is 11.0. The third-order valence-corrected chi connectivity index (χ3v) is 10.1. The number of anilines is 1. The topological polar surface area (TPSA) is 126 Å². The quantitative estimate of drug-likeness (QED) is 0.105. The van der Waals surface area contributed by atoms with Crippen LogP contribution in [0.5, 0.6) is 23.0 Å². The van der Waals surface area contributed by atoms with Crippen molar-refractivity contribution >= 4 is 57.1 Å². The Kier molecular flexibility index (Phi) is 10.9. The number of imidazole rings is 1. The second-order valence-electron chi connectivity index (χ2n) is 12.2. The molecule has 9 rings (SSSR count). The highest BCUT2D eigenvalue weighted by molar-refractivity contribution is 7.98. The highest BCUT2D eigenvalue weighted by Gasteiger charge is 2.13. The van der Waals surface area contributed by atoms with E-state index in [2.05, 4.69) is 49.2 Å². The Morgan fingerprint density at radius 2 is 1.11 bits per heavy atom. The molecule has 5 aromatic heterocycles. The Labute approximate surface area is 327 Å². The van der Waals surface area contributed by atoms with Crippen LogP contribution in [-0.4, -0.2) is 34.3 Å². The van der Waals surface area contributed by atoms with E-state index < -0.39 is 0 Å². The van der Waals surface area contributed by atoms with Crippen LogP contribution in [0.2, 0.25) is 0 Å². The summed E-state index contributed by atoms with van der Waals surface area (Å²) in [5, 5.41) is 2.87. The zero-order valence-corrected chi connectivity index (χ0v) is 31.0. The lowest BCUT2D eigenvalue weighted by atomic mass is 10.2. The standard InChI is InChI=1S/C22H15FN4OS.C20H15FN4OS/c23-17-6-8-18(9-7-17)28-19-12-16-13-25-22(29-14-15-4-2-1-3-5-15)26-20(16)27-11-10-24-21(19)27;21-15-6-8-16(9-7-15)26-17-10-14-11-23-20(25-19(14)24-18(17)22)27-12-13-4-2-1-3-5-13/h1-13H,14H2;1-11H,12H2,(H2,22,23,24,25). The molecule has 0 radical (unpaired) electrons. The van der Waals surface area contributed by atoms with E-state index in [1.165, 1.54) is 59.3 Å². The lowest BCUT2D eigenvalue weighted by Crippen LogP contribution is -1.99. The molecule has 10 nitrogen and oxygen atoms in total. The molecule has 0 saturated carbocycles. The lowest BCUT2D eigenvalue weighted by Gasteiger charge is -2.10. The lowest BCUT2D eigenvalue weighted by molar-refractivity contribution is 0.482. The average Bonchev–Trinajstić information content (AvgIpc) is 3.74. The number of halogens is 2. The SMILES string of the molecule is Fc1ccc(Oc2cc3cnc(SCc4ccccc4)nc3n3ccnc23)cc1.Nc1nc2nc(SCc3ccccc3)ncc2cc1Oc1ccc(F)cc1. The number of hydrogen-bond donors (Lipinski definition) is 1. The van der Waals surface area contributed by atoms with Gasteiger partial charge in [-0.1, -0.05) is 84.2 Å². The molecule has 0 saturated heterocycles. The molecule has 9 aromatic rings. The van der Waals surface area contributed by atoms with Gasteiger partial charge in [-0.25, -0.2) is 38.7 Å². The minimum atomic E-state index is -0.333. The molecule has 14 heteroatoms. The number of aromatic nitrogens is 7. The summed E-state index contributed by atoms with van der Waals surface area (Å²) in [7, 11) is 0. The van der Waals surface area contributed by atoms with Gasteiger partial charge in [-0.3, -0.25) is 4.40 Å². The maximum Gasteiger partial charge on any atom is 0.189 e. The Bertz CT molecular complexity index is 2740. The van der Waals surface area contributed by atoms with Crippen LogP contribution in [0, 0.1) is 11.6 Å². The van der Waals surface area contributed by atoms with E-state index in [0.717, 1.165) is 22.5 Å². The van der Waals surface area contributed by atoms with Gasteiger partial charge >= 0.3 is 0 Å². The van der Waals surface area contributed by atoms with Gasteiger partial charge in [0.25, 0.3) is 0 Å². The fraction of sp³-hybridized carbons (Fsp3) is 0.0476. The highest BCUT2D eigenvalue weighted by atomic mass is 32.2. The molecule has 0 atom stereocenters. The Morgan fingerprint density at radius 3 is 1.71 bits per heavy atom. The number of nitrogens with zero attached hydrogens (tertiary/aromatic N) is 7. The number of hydrogen-bond acceptors (Lipinski definition) is 11. The number of rotatable bonds is 10. The molecular formula is C42H30F2N8O2S2. The van der Waals surface area contributed by atoms with Gasteiger partial charge in [0.15, 0.2) is 44.6 Å². The van der Waals surface area contributed by atoms with E-state index in [0.29, 0.717) is 50.0 Å². The van der Waals surface area contributed by atoms with E-state index in [-0.39, 0.29) is 17.5 Å². The molecule has 5 heterocycles. The molecule has 0 spiro atoms. The molecular weight excluding hydrogens is 751 g/mol. The van der Waals surface area contributed by atoms with Crippen molar-refractivity contribution in [3.05, 3.63) is 169 Å². The first kappa shape index (κ1) is 36.3. The minimum Gasteiger partial charge on any atom is -0.453 e. The van der Waals surface area contributed by atoms with Crippen LogP contribution in [0.1, 0.15) is 11.1 Å². The van der Waals surface area contributed by atoms with Crippen molar-refractivity contribution in [3.63, 3.8) is 0 Å². The van der Waals surface area contributed by atoms with Gasteiger partial charge in [0, 0.05) is 47.1 Å². The fourth-order valence-electron chi connectivity index (χ4n) is 5.47. The van der Waals surface area contributed by atoms with Crippen LogP contribution < -0.4 is 15.2 Å². The van der Waals surface area contributed by atoms with Crippen molar-refractivity contribution in [2.24, 2.45) is 0 Å². The molecule has 0 amide bonds. The van der Waals surface area contributed by atoms with Gasteiger partial charge in [-0.15, -0.1) is 0 Å². The smallest absolute Gasteiger partial charge is 0.189 e. The second kappa shape index (κ2) is 16.8. The predicted molar refractivity (Wildman–Crippen MR) is 215 cm³/mol. The molecule has 0 unspecified atom stereocenters. The zero-order valence-electron chi connectivity index (χ0n) is 29.4. The number of nitrogens with two attached hydrogens (primary N) is 1. The second-order valence-corrected chi connectivity index (χ2v) is 14.0. The van der Waals surface area contributed by atoms with Crippen molar-refractivity contribution in [2.45, 2.75) is 21.8 Å². The summed E-state index contributed by atoms with van der Waals surface area (Å²) in [5.41, 5.74) is 10.3. The van der Waals surface area contributed by atoms with Gasteiger partial charge in [0.2, 0.25) is 0 Å². The zero-order chi connectivity index (χ0) is 38.3. The van der Waals surface area contributed by atoms with Gasteiger partial charge in [-0.2, -0.15) is 0 Å². The number of benzene rings is 4. The van der Waals surface area contributed by atoms with Crippen molar-refractivity contribution in [2.75, 3.05) is 5.73 Å². The van der Waals surface area contributed by atoms with Crippen LogP contribution in [-0.2, 0) is 11.5 Å². The number of ether oxygens (including phenoxy) is 2. The molecule has 0 aliphatic rings. The summed E-state index contributed by atoms with van der Waals surface area (Å²) in [6, 6.07) is 35.5. The maximum atomic E-state index is 13.2. The first-order valence-corrected chi connectivity index (χ1v) is 19.2. The van der Waals surface area contributed by atoms with Crippen LogP contribution in [0.15, 0.2) is 156 Å². The third kappa shape index (κ3) is 8.83. The summed E-state index contributed by atoms with van der Waals surface area (Å²) < 4.78 is 39.7. The average molecular weight is 781 g/mol. The van der Waals surface area contributed by atoms with Gasteiger partial charge in [-0.05, 0) is 71.8 Å².